The minimum Gasteiger partial charge on any atom is -0.291 e. The van der Waals surface area contributed by atoms with E-state index in [0.717, 1.165) is 0 Å². The van der Waals surface area contributed by atoms with Crippen molar-refractivity contribution < 1.29 is 4.79 Å². The highest BCUT2D eigenvalue weighted by Crippen LogP contribution is 1.83. The first-order chi connectivity index (χ1) is 4.30. The summed E-state index contributed by atoms with van der Waals surface area (Å²) >= 11 is 0. The number of nitrogens with zero attached hydrogens (tertiary/aromatic N) is 3. The van der Waals surface area contributed by atoms with Crippen molar-refractivity contribution in [2.45, 2.75) is 6.92 Å². The number of Topliss-reactive ketones (excluding diaryl/α,β-unsaturated/α-hetero) is 1. The van der Waals surface area contributed by atoms with Crippen molar-refractivity contribution >= 4 is 5.78 Å². The SMILES string of the molecule is CC(=O)c1ncncn1. The summed E-state index contributed by atoms with van der Waals surface area (Å²) in [6.45, 7) is 1.41. The molecule has 1 aromatic heterocycles. The second-order valence-electron chi connectivity index (χ2n) is 1.52. The third-order valence-electron chi connectivity index (χ3n) is 0.808. The molecule has 0 aliphatic carbocycles. The van der Waals surface area contributed by atoms with Gasteiger partial charge in [-0.05, 0) is 0 Å². The van der Waals surface area contributed by atoms with Gasteiger partial charge in [0.15, 0.2) is 11.6 Å². The van der Waals surface area contributed by atoms with E-state index in [9.17, 15) is 4.79 Å². The number of rotatable bonds is 1. The fraction of sp³-hybridized carbons (Fsp3) is 0.200. The number of ketones is 1. The van der Waals surface area contributed by atoms with E-state index in [4.69, 9.17) is 0 Å². The maximum atomic E-state index is 10.5. The minimum absolute atomic E-state index is 0.141. The minimum atomic E-state index is -0.141. The lowest BCUT2D eigenvalue weighted by atomic mass is 10.4. The first kappa shape index (κ1) is 5.81. The molecule has 4 nitrogen and oxygen atoms in total. The zero-order valence-corrected chi connectivity index (χ0v) is 4.90. The molecule has 0 unspecified atom stereocenters. The van der Waals surface area contributed by atoms with Crippen LogP contribution < -0.4 is 0 Å². The van der Waals surface area contributed by atoms with Crippen LogP contribution in [-0.2, 0) is 0 Å². The summed E-state index contributed by atoms with van der Waals surface area (Å²) in [5.41, 5.74) is 0. The van der Waals surface area contributed by atoms with Crippen molar-refractivity contribution in [3.05, 3.63) is 18.5 Å². The maximum Gasteiger partial charge on any atom is 0.198 e. The van der Waals surface area contributed by atoms with E-state index in [0.29, 0.717) is 0 Å². The fourth-order valence-electron chi connectivity index (χ4n) is 0.421. The Morgan fingerprint density at radius 2 is 2.00 bits per heavy atom. The summed E-state index contributed by atoms with van der Waals surface area (Å²) in [6, 6.07) is 0. The van der Waals surface area contributed by atoms with Gasteiger partial charge in [0.25, 0.3) is 0 Å². The summed E-state index contributed by atoms with van der Waals surface area (Å²) in [5.74, 6) is 0.0717. The monoisotopic (exact) mass is 123 g/mol. The standard InChI is InChI=1S/C5H5N3O/c1-4(9)5-7-2-6-3-8-5/h2-3H,1H3. The van der Waals surface area contributed by atoms with Crippen LogP contribution in [0.2, 0.25) is 0 Å². The number of hydrogen-bond acceptors (Lipinski definition) is 4. The Labute approximate surface area is 52.0 Å². The van der Waals surface area contributed by atoms with Gasteiger partial charge in [0.05, 0.1) is 0 Å². The Hall–Kier alpha value is -1.32. The molecule has 0 saturated carbocycles. The zero-order valence-electron chi connectivity index (χ0n) is 4.90. The van der Waals surface area contributed by atoms with E-state index in [2.05, 4.69) is 15.0 Å². The summed E-state index contributed by atoms with van der Waals surface area (Å²) < 4.78 is 0. The molecule has 0 amide bonds. The molecule has 0 saturated heterocycles. The van der Waals surface area contributed by atoms with Gasteiger partial charge in [-0.1, -0.05) is 0 Å². The molecule has 0 atom stereocenters. The Morgan fingerprint density at radius 1 is 1.44 bits per heavy atom. The zero-order chi connectivity index (χ0) is 6.69. The van der Waals surface area contributed by atoms with Crippen molar-refractivity contribution in [1.29, 1.82) is 0 Å². The molecule has 46 valence electrons. The predicted molar refractivity (Wildman–Crippen MR) is 29.8 cm³/mol. The summed E-state index contributed by atoms with van der Waals surface area (Å²) in [5, 5.41) is 0. The summed E-state index contributed by atoms with van der Waals surface area (Å²) in [7, 11) is 0. The number of carbonyl (C=O) groups is 1. The van der Waals surface area contributed by atoms with Gasteiger partial charge in [-0.15, -0.1) is 0 Å². The molecule has 0 aliphatic rings. The first-order valence-corrected chi connectivity index (χ1v) is 2.43. The van der Waals surface area contributed by atoms with Gasteiger partial charge in [-0.2, -0.15) is 0 Å². The lowest BCUT2D eigenvalue weighted by Crippen LogP contribution is -1.99. The quantitative estimate of drug-likeness (QED) is 0.496. The van der Waals surface area contributed by atoms with E-state index < -0.39 is 0 Å². The lowest BCUT2D eigenvalue weighted by molar-refractivity contribution is 0.100. The van der Waals surface area contributed by atoms with Crippen LogP contribution in [0.3, 0.4) is 0 Å². The molecule has 0 aliphatic heterocycles. The van der Waals surface area contributed by atoms with Crippen molar-refractivity contribution in [3.8, 4) is 0 Å². The van der Waals surface area contributed by atoms with Gasteiger partial charge in [0.1, 0.15) is 12.7 Å². The number of hydrogen-bond donors (Lipinski definition) is 0. The van der Waals surface area contributed by atoms with Gasteiger partial charge in [-0.25, -0.2) is 15.0 Å². The molecule has 9 heavy (non-hydrogen) atoms. The van der Waals surface area contributed by atoms with Crippen molar-refractivity contribution in [3.63, 3.8) is 0 Å². The van der Waals surface area contributed by atoms with Crippen LogP contribution in [0, 0.1) is 0 Å². The Bertz CT molecular complexity index is 209. The van der Waals surface area contributed by atoms with Gasteiger partial charge in [-0.3, -0.25) is 4.79 Å². The van der Waals surface area contributed by atoms with E-state index in [1.807, 2.05) is 0 Å². The summed E-state index contributed by atoms with van der Waals surface area (Å²) in [6.07, 6.45) is 2.59. The van der Waals surface area contributed by atoms with Gasteiger partial charge in [0, 0.05) is 6.92 Å². The van der Waals surface area contributed by atoms with Crippen LogP contribution >= 0.6 is 0 Å². The molecule has 0 aromatic carbocycles. The number of aromatic nitrogens is 3. The Balaban J connectivity index is 2.98. The first-order valence-electron chi connectivity index (χ1n) is 2.43. The summed E-state index contributed by atoms with van der Waals surface area (Å²) in [4.78, 5) is 21.3. The van der Waals surface area contributed by atoms with Gasteiger partial charge >= 0.3 is 0 Å². The van der Waals surface area contributed by atoms with E-state index in [1.165, 1.54) is 19.6 Å². The topological polar surface area (TPSA) is 55.7 Å². The van der Waals surface area contributed by atoms with E-state index in [-0.39, 0.29) is 11.6 Å². The van der Waals surface area contributed by atoms with Crippen molar-refractivity contribution in [2.75, 3.05) is 0 Å². The van der Waals surface area contributed by atoms with E-state index in [1.54, 1.807) is 0 Å². The van der Waals surface area contributed by atoms with Crippen LogP contribution in [0.25, 0.3) is 0 Å². The van der Waals surface area contributed by atoms with Crippen LogP contribution in [0.1, 0.15) is 17.5 Å². The fourth-order valence-corrected chi connectivity index (χ4v) is 0.421. The molecular formula is C5H5N3O. The molecule has 0 spiro atoms. The molecule has 1 rings (SSSR count). The molecule has 0 fully saturated rings. The highest BCUT2D eigenvalue weighted by Gasteiger charge is 1.97. The average Bonchev–Trinajstić information content (AvgIpc) is 1.90. The van der Waals surface area contributed by atoms with Crippen LogP contribution in [0.4, 0.5) is 0 Å². The number of carbonyl (C=O) groups excluding carboxylic acids is 1. The van der Waals surface area contributed by atoms with E-state index >= 15 is 0 Å². The molecule has 0 radical (unpaired) electrons. The van der Waals surface area contributed by atoms with Crippen LogP contribution in [0.15, 0.2) is 12.7 Å². The largest absolute Gasteiger partial charge is 0.291 e. The average molecular weight is 123 g/mol. The predicted octanol–water partition coefficient (Wildman–Crippen LogP) is 0.0742. The third-order valence-corrected chi connectivity index (χ3v) is 0.808. The van der Waals surface area contributed by atoms with Gasteiger partial charge < -0.3 is 0 Å². The highest BCUT2D eigenvalue weighted by atomic mass is 16.1. The molecule has 1 heterocycles. The maximum absolute atomic E-state index is 10.5. The Kier molecular flexibility index (Phi) is 1.48. The third kappa shape index (κ3) is 1.28. The van der Waals surface area contributed by atoms with Gasteiger partial charge in [0.2, 0.25) is 0 Å². The van der Waals surface area contributed by atoms with Crippen LogP contribution in [0.5, 0.6) is 0 Å². The normalized spacial score (nSPS) is 9.00. The second-order valence-corrected chi connectivity index (χ2v) is 1.52. The van der Waals surface area contributed by atoms with Crippen LogP contribution in [-0.4, -0.2) is 20.7 Å². The molecule has 0 N–H and O–H groups in total. The van der Waals surface area contributed by atoms with Crippen molar-refractivity contribution in [2.24, 2.45) is 0 Å². The Morgan fingerprint density at radius 3 is 2.33 bits per heavy atom. The second kappa shape index (κ2) is 2.30. The lowest BCUT2D eigenvalue weighted by Gasteiger charge is -1.86. The molecular weight excluding hydrogens is 118 g/mol. The smallest absolute Gasteiger partial charge is 0.198 e. The molecule has 1 aromatic rings. The highest BCUT2D eigenvalue weighted by molar-refractivity contribution is 5.89. The van der Waals surface area contributed by atoms with Crippen molar-refractivity contribution in [1.82, 2.24) is 15.0 Å². The molecule has 0 bridgehead atoms. The molecule has 4 heteroatoms.